The molecule has 0 spiro atoms. The highest BCUT2D eigenvalue weighted by atomic mass is 16.5. The van der Waals surface area contributed by atoms with Gasteiger partial charge in [0.25, 0.3) is 0 Å². The van der Waals surface area contributed by atoms with Crippen LogP contribution in [0.2, 0.25) is 0 Å². The Kier molecular flexibility index (Phi) is 13.5. The number of amides is 1. The van der Waals surface area contributed by atoms with E-state index in [0.29, 0.717) is 59.8 Å². The zero-order chi connectivity index (χ0) is 46.0. The molecule has 7 rings (SSSR count). The molecule has 3 atom stereocenters. The summed E-state index contributed by atoms with van der Waals surface area (Å²) in [5, 5.41) is 3.91. The van der Waals surface area contributed by atoms with Crippen LogP contribution in [0.3, 0.4) is 0 Å². The molecule has 0 unspecified atom stereocenters. The predicted octanol–water partition coefficient (Wildman–Crippen LogP) is 5.84. The maximum atomic E-state index is 14.2. The zero-order valence-corrected chi connectivity index (χ0v) is 38.3. The van der Waals surface area contributed by atoms with E-state index in [2.05, 4.69) is 94.0 Å². The molecule has 14 nitrogen and oxygen atoms in total. The Bertz CT molecular complexity index is 2740. The van der Waals surface area contributed by atoms with Crippen LogP contribution in [-0.2, 0) is 28.6 Å². The maximum absolute atomic E-state index is 14.2. The number of benzene rings is 1. The summed E-state index contributed by atoms with van der Waals surface area (Å²) < 4.78 is 19.7. The minimum Gasteiger partial charge on any atom is -0.469 e. The van der Waals surface area contributed by atoms with E-state index in [4.69, 9.17) is 29.9 Å². The number of aliphatic imine (C=N–C) groups is 2. The Hall–Kier alpha value is -6.54. The smallest absolute Gasteiger partial charge is 0.340 e. The molecule has 6 bridgehead atoms. The molecule has 14 heteroatoms. The molecule has 336 valence electrons. The number of aromatic nitrogens is 2. The lowest BCUT2D eigenvalue weighted by molar-refractivity contribution is -0.145. The number of ether oxygens (including phenoxy) is 3. The van der Waals surface area contributed by atoms with E-state index in [0.717, 1.165) is 62.8 Å². The van der Waals surface area contributed by atoms with E-state index in [-0.39, 0.29) is 30.2 Å². The fourth-order valence-corrected chi connectivity index (χ4v) is 9.25. The monoisotopic (exact) mass is 869 g/mol. The first-order chi connectivity index (χ1) is 30.7. The van der Waals surface area contributed by atoms with E-state index in [1.165, 1.54) is 26.9 Å². The normalized spacial score (nSPS) is 17.8. The number of allylic oxidation sites excluding steroid dienone is 3. The van der Waals surface area contributed by atoms with Crippen LogP contribution < -0.4 is 27.3 Å². The first-order valence-electron chi connectivity index (χ1n) is 22.0. The molecule has 0 radical (unpaired) electrons. The summed E-state index contributed by atoms with van der Waals surface area (Å²) in [6.07, 6.45) is 13.0. The molecule has 6 heterocycles. The molecule has 1 aromatic carbocycles. The fraction of sp³-hybridized carbons (Fsp3) is 0.400. The molecule has 0 saturated carbocycles. The van der Waals surface area contributed by atoms with Crippen molar-refractivity contribution in [3.8, 4) is 0 Å². The number of unbranched alkanes of at least 4 members (excludes halogenated alkanes) is 1. The quantitative estimate of drug-likeness (QED) is 0.0962. The number of hydrogen-bond acceptors (Lipinski definition) is 11. The number of rotatable bonds is 15. The number of carbonyl (C=O) groups is 4. The minimum atomic E-state index is -0.817. The summed E-state index contributed by atoms with van der Waals surface area (Å²) in [5.74, 6) is -2.63. The Morgan fingerprint density at radius 3 is 2.31 bits per heavy atom. The summed E-state index contributed by atoms with van der Waals surface area (Å²) in [4.78, 5) is 64.9. The third-order valence-electron chi connectivity index (χ3n) is 13.0. The molecule has 64 heavy (non-hydrogen) atoms. The summed E-state index contributed by atoms with van der Waals surface area (Å²) in [7, 11) is 3.96. The van der Waals surface area contributed by atoms with Gasteiger partial charge in [-0.1, -0.05) is 55.8 Å². The second-order valence-electron chi connectivity index (χ2n) is 16.8. The third kappa shape index (κ3) is 8.58. The van der Waals surface area contributed by atoms with Gasteiger partial charge in [0.1, 0.15) is 6.04 Å². The van der Waals surface area contributed by atoms with Crippen molar-refractivity contribution in [1.82, 2.24) is 14.7 Å². The third-order valence-corrected chi connectivity index (χ3v) is 13.0. The lowest BCUT2D eigenvalue weighted by Gasteiger charge is -2.21. The molecule has 0 fully saturated rings. The van der Waals surface area contributed by atoms with Crippen LogP contribution in [-0.4, -0.2) is 78.5 Å². The van der Waals surface area contributed by atoms with Crippen molar-refractivity contribution in [3.63, 3.8) is 0 Å². The van der Waals surface area contributed by atoms with E-state index in [9.17, 15) is 19.2 Å². The largest absolute Gasteiger partial charge is 0.469 e. The van der Waals surface area contributed by atoms with Gasteiger partial charge in [0.05, 0.1) is 72.5 Å². The van der Waals surface area contributed by atoms with Crippen molar-refractivity contribution in [2.75, 3.05) is 33.4 Å². The molecule has 0 saturated heterocycles. The van der Waals surface area contributed by atoms with Crippen molar-refractivity contribution >= 4 is 71.2 Å². The van der Waals surface area contributed by atoms with Gasteiger partial charge in [-0.15, -0.1) is 0 Å². The summed E-state index contributed by atoms with van der Waals surface area (Å²) in [6.45, 7) is 12.7. The molecule has 4 N–H and O–H groups in total. The molecule has 1 amide bonds. The van der Waals surface area contributed by atoms with Crippen molar-refractivity contribution < 1.29 is 33.4 Å². The number of nitrogens with one attached hydrogen (secondary N) is 2. The van der Waals surface area contributed by atoms with Gasteiger partial charge in [-0.25, -0.2) is 29.5 Å². The maximum Gasteiger partial charge on any atom is 0.340 e. The molecule has 4 aliphatic rings. The summed E-state index contributed by atoms with van der Waals surface area (Å²) in [6, 6.07) is 7.53. The number of nitrogens with zero attached hydrogens (tertiary/aromatic N) is 4. The molecule has 3 aromatic rings. The van der Waals surface area contributed by atoms with Crippen molar-refractivity contribution in [2.24, 2.45) is 27.6 Å². The van der Waals surface area contributed by atoms with Crippen LogP contribution in [0.25, 0.3) is 36.0 Å². The second-order valence-corrected chi connectivity index (χ2v) is 16.8. The molecule has 2 aromatic heterocycles. The van der Waals surface area contributed by atoms with E-state index in [1.807, 2.05) is 22.4 Å². The Morgan fingerprint density at radius 1 is 0.891 bits per heavy atom. The summed E-state index contributed by atoms with van der Waals surface area (Å²) >= 11 is 0. The molecular weight excluding hydrogens is 811 g/mol. The van der Waals surface area contributed by atoms with Gasteiger partial charge >= 0.3 is 17.9 Å². The predicted molar refractivity (Wildman–Crippen MR) is 251 cm³/mol. The number of fused-ring (bicyclic) bond motifs is 2. The first-order valence-corrected chi connectivity index (χ1v) is 22.0. The van der Waals surface area contributed by atoms with Crippen LogP contribution in [0.1, 0.15) is 115 Å². The number of carbonyl (C=O) groups excluding carboxylic acids is 4. The SMILES string of the molecule is CCC1=C(C)C2=Cc3c(/C=C/c4ccc(C)cc4)c(C)c4n3Nn3c(c(C)c(C(=O)OC)c3=C(CC(=O)OC)C3=NC(=C4)[C@@H](C)[C@@H]3CCC(=O)N[C@@H](CCCCN)C(=O)OC)=CC1=N2. The van der Waals surface area contributed by atoms with E-state index < -0.39 is 29.9 Å². The van der Waals surface area contributed by atoms with E-state index in [1.54, 1.807) is 0 Å². The van der Waals surface area contributed by atoms with Crippen LogP contribution in [0, 0.1) is 32.6 Å². The van der Waals surface area contributed by atoms with Crippen molar-refractivity contribution in [3.05, 3.63) is 102 Å². The topological polar surface area (TPSA) is 181 Å². The van der Waals surface area contributed by atoms with Gasteiger partial charge in [-0.2, -0.15) is 0 Å². The lowest BCUT2D eigenvalue weighted by atomic mass is 9.82. The first kappa shape index (κ1) is 45.5. The number of aryl methyl sites for hydroxylation is 1. The highest BCUT2D eigenvalue weighted by Gasteiger charge is 2.39. The van der Waals surface area contributed by atoms with Gasteiger partial charge in [0, 0.05) is 35.1 Å². The Morgan fingerprint density at radius 2 is 1.64 bits per heavy atom. The molecule has 4 aliphatic heterocycles. The second kappa shape index (κ2) is 19.1. The van der Waals surface area contributed by atoms with Crippen LogP contribution in [0.4, 0.5) is 0 Å². The highest BCUT2D eigenvalue weighted by molar-refractivity contribution is 6.25. The number of esters is 3. The minimum absolute atomic E-state index is 0.0464. The highest BCUT2D eigenvalue weighted by Crippen LogP contribution is 2.41. The van der Waals surface area contributed by atoms with Gasteiger partial charge in [-0.3, -0.25) is 14.6 Å². The lowest BCUT2D eigenvalue weighted by Crippen LogP contribution is -2.43. The zero-order valence-electron chi connectivity index (χ0n) is 38.3. The fourth-order valence-electron chi connectivity index (χ4n) is 9.25. The van der Waals surface area contributed by atoms with Crippen LogP contribution in [0.5, 0.6) is 0 Å². The van der Waals surface area contributed by atoms with Gasteiger partial charge in [0.2, 0.25) is 5.91 Å². The molecule has 0 aliphatic carbocycles. The average molecular weight is 870 g/mol. The van der Waals surface area contributed by atoms with Crippen LogP contribution >= 0.6 is 0 Å². The van der Waals surface area contributed by atoms with Gasteiger partial charge in [-0.05, 0) is 112 Å². The van der Waals surface area contributed by atoms with Crippen molar-refractivity contribution in [2.45, 2.75) is 92.5 Å². The van der Waals surface area contributed by atoms with Crippen molar-refractivity contribution in [1.29, 1.82) is 0 Å². The molecular formula is C50H59N7O7. The van der Waals surface area contributed by atoms with Gasteiger partial charge < -0.3 is 25.3 Å². The number of nitrogens with two attached hydrogens (primary N) is 1. The summed E-state index contributed by atoms with van der Waals surface area (Å²) in [5.41, 5.74) is 21.5. The van der Waals surface area contributed by atoms with Crippen LogP contribution in [0.15, 0.2) is 56.8 Å². The van der Waals surface area contributed by atoms with Gasteiger partial charge in [0.15, 0.2) is 0 Å². The Labute approximate surface area is 374 Å². The standard InChI is InChI=1S/C50H59N7O7/c1-10-33-28(3)38-25-43-34(19-18-32-16-14-27(2)15-17-32)30(5)41-24-39-29(4)35(20-21-44(58)53-37(49(60)63-8)13-11-12-22-51)47(54-39)36(23-45(59)62-7)48-46(50(61)64-9)31(6)42(26-40(33)52-38)57(48)55-56(41)43/h14-19,24-26,29,35,37,55H,10-13,20-23,51H2,1-9H3,(H,53,58)/b19-18+,38-25?,39-24?,40-26?,41-24?,42-26?,43-25?,47-36?,48-36?/t29-,35-,37-/m0/s1. The number of hydrogen-bond donors (Lipinski definition) is 3. The Balaban J connectivity index is 1.52. The average Bonchev–Trinajstić information content (AvgIpc) is 3.93. The van der Waals surface area contributed by atoms with E-state index >= 15 is 0 Å². The number of methoxy groups -OCH3 is 3.